The Morgan fingerprint density at radius 3 is 2.26 bits per heavy atom. The van der Waals surface area contributed by atoms with E-state index in [9.17, 15) is 9.59 Å². The third kappa shape index (κ3) is 5.12. The number of hydrogen-bond donors (Lipinski definition) is 2. The van der Waals surface area contributed by atoms with Gasteiger partial charge in [0.1, 0.15) is 0 Å². The predicted molar refractivity (Wildman–Crippen MR) is 74.1 cm³/mol. The lowest BCUT2D eigenvalue weighted by molar-refractivity contribution is -0.137. The van der Waals surface area contributed by atoms with Crippen LogP contribution in [0.1, 0.15) is 43.7 Å². The van der Waals surface area contributed by atoms with Gasteiger partial charge in [0, 0.05) is 12.5 Å². The summed E-state index contributed by atoms with van der Waals surface area (Å²) < 4.78 is 0. The van der Waals surface area contributed by atoms with E-state index in [4.69, 9.17) is 5.11 Å². The van der Waals surface area contributed by atoms with Gasteiger partial charge in [0.25, 0.3) is 0 Å². The number of carbonyl (C=O) groups excluding carboxylic acids is 1. The Morgan fingerprint density at radius 2 is 1.79 bits per heavy atom. The summed E-state index contributed by atoms with van der Waals surface area (Å²) in [6.07, 6.45) is 0.307. The molecule has 19 heavy (non-hydrogen) atoms. The minimum atomic E-state index is -0.880. The van der Waals surface area contributed by atoms with Gasteiger partial charge in [-0.15, -0.1) is 0 Å². The maximum absolute atomic E-state index is 12.1. The smallest absolute Gasteiger partial charge is 0.303 e. The molecule has 1 rings (SSSR count). The number of carboxylic acids is 1. The number of carboxylic acid groups (broad SMARTS) is 1. The van der Waals surface area contributed by atoms with Gasteiger partial charge in [-0.3, -0.25) is 9.59 Å². The fourth-order valence-electron chi connectivity index (χ4n) is 1.90. The van der Waals surface area contributed by atoms with Crippen molar-refractivity contribution in [2.24, 2.45) is 0 Å². The van der Waals surface area contributed by atoms with Crippen molar-refractivity contribution >= 4 is 11.9 Å². The van der Waals surface area contributed by atoms with Crippen LogP contribution in [0.25, 0.3) is 0 Å². The van der Waals surface area contributed by atoms with Crippen molar-refractivity contribution in [2.75, 3.05) is 0 Å². The van der Waals surface area contributed by atoms with Gasteiger partial charge >= 0.3 is 5.97 Å². The number of aryl methyl sites for hydroxylation is 1. The Hall–Kier alpha value is -1.84. The molecule has 104 valence electrons. The lowest BCUT2D eigenvalue weighted by Crippen LogP contribution is -2.34. The zero-order chi connectivity index (χ0) is 14.4. The highest BCUT2D eigenvalue weighted by atomic mass is 16.4. The largest absolute Gasteiger partial charge is 0.481 e. The first kappa shape index (κ1) is 15.2. The lowest BCUT2D eigenvalue weighted by Gasteiger charge is -2.18. The molecule has 2 N–H and O–H groups in total. The van der Waals surface area contributed by atoms with Gasteiger partial charge in [0.2, 0.25) is 5.91 Å². The van der Waals surface area contributed by atoms with Gasteiger partial charge in [0.15, 0.2) is 0 Å². The van der Waals surface area contributed by atoms with E-state index in [-0.39, 0.29) is 18.4 Å². The van der Waals surface area contributed by atoms with Crippen LogP contribution in [-0.4, -0.2) is 23.0 Å². The quantitative estimate of drug-likeness (QED) is 0.828. The minimum absolute atomic E-state index is 0.00986. The second-order valence-corrected chi connectivity index (χ2v) is 5.06. The van der Waals surface area contributed by atoms with E-state index in [1.54, 1.807) is 0 Å². The molecular formula is C15H21NO3. The van der Waals surface area contributed by atoms with Gasteiger partial charge in [-0.05, 0) is 32.8 Å². The number of hydrogen-bond acceptors (Lipinski definition) is 2. The molecule has 1 aromatic rings. The van der Waals surface area contributed by atoms with Crippen LogP contribution in [0.4, 0.5) is 0 Å². The summed E-state index contributed by atoms with van der Waals surface area (Å²) in [6, 6.07) is 7.70. The van der Waals surface area contributed by atoms with Gasteiger partial charge in [0.05, 0.1) is 5.92 Å². The Bertz CT molecular complexity index is 437. The number of aliphatic carboxylic acids is 1. The number of amides is 1. The molecule has 0 spiro atoms. The van der Waals surface area contributed by atoms with Crippen molar-refractivity contribution in [3.63, 3.8) is 0 Å². The Kier molecular flexibility index (Phi) is 5.55. The number of rotatable bonds is 6. The van der Waals surface area contributed by atoms with E-state index in [1.165, 1.54) is 0 Å². The molecule has 4 nitrogen and oxygen atoms in total. The fourth-order valence-corrected chi connectivity index (χ4v) is 1.90. The summed E-state index contributed by atoms with van der Waals surface area (Å²) in [5.41, 5.74) is 1.98. The molecule has 1 amide bonds. The molecule has 0 bridgehead atoms. The van der Waals surface area contributed by atoms with Crippen LogP contribution in [0.15, 0.2) is 24.3 Å². The van der Waals surface area contributed by atoms with Gasteiger partial charge < -0.3 is 10.4 Å². The highest BCUT2D eigenvalue weighted by molar-refractivity contribution is 5.84. The van der Waals surface area contributed by atoms with Crippen LogP contribution >= 0.6 is 0 Å². The molecule has 0 aliphatic carbocycles. The summed E-state index contributed by atoms with van der Waals surface area (Å²) in [5, 5.41) is 11.6. The van der Waals surface area contributed by atoms with Crippen molar-refractivity contribution in [2.45, 2.75) is 45.6 Å². The molecule has 0 aliphatic heterocycles. The van der Waals surface area contributed by atoms with Crippen LogP contribution in [0, 0.1) is 6.92 Å². The minimum Gasteiger partial charge on any atom is -0.481 e. The van der Waals surface area contributed by atoms with Crippen LogP contribution in [-0.2, 0) is 9.59 Å². The average molecular weight is 263 g/mol. The Morgan fingerprint density at radius 1 is 1.21 bits per heavy atom. The molecule has 1 atom stereocenters. The van der Waals surface area contributed by atoms with Crippen molar-refractivity contribution in [1.82, 2.24) is 5.32 Å². The highest BCUT2D eigenvalue weighted by Crippen LogP contribution is 2.22. The van der Waals surface area contributed by atoms with Crippen LogP contribution in [0.3, 0.4) is 0 Å². The predicted octanol–water partition coefficient (Wildman–Crippen LogP) is 2.47. The molecule has 0 aliphatic rings. The van der Waals surface area contributed by atoms with Gasteiger partial charge in [-0.25, -0.2) is 0 Å². The van der Waals surface area contributed by atoms with Crippen molar-refractivity contribution in [3.8, 4) is 0 Å². The van der Waals surface area contributed by atoms with E-state index in [2.05, 4.69) is 5.32 Å². The molecule has 0 saturated carbocycles. The first-order chi connectivity index (χ1) is 8.90. The van der Waals surface area contributed by atoms with Gasteiger partial charge in [-0.2, -0.15) is 0 Å². The highest BCUT2D eigenvalue weighted by Gasteiger charge is 2.21. The van der Waals surface area contributed by atoms with Crippen LogP contribution in [0.2, 0.25) is 0 Å². The first-order valence-electron chi connectivity index (χ1n) is 6.49. The van der Waals surface area contributed by atoms with Crippen molar-refractivity contribution in [3.05, 3.63) is 35.4 Å². The number of benzene rings is 1. The Labute approximate surface area is 113 Å². The topological polar surface area (TPSA) is 66.4 Å². The van der Waals surface area contributed by atoms with Crippen LogP contribution in [0.5, 0.6) is 0 Å². The zero-order valence-corrected chi connectivity index (χ0v) is 11.6. The monoisotopic (exact) mass is 263 g/mol. The van der Waals surface area contributed by atoms with Gasteiger partial charge in [-0.1, -0.05) is 29.8 Å². The summed E-state index contributed by atoms with van der Waals surface area (Å²) >= 11 is 0. The van der Waals surface area contributed by atoms with E-state index < -0.39 is 11.9 Å². The Balaban J connectivity index is 2.87. The fraction of sp³-hybridized carbons (Fsp3) is 0.467. The second-order valence-electron chi connectivity index (χ2n) is 5.06. The molecule has 4 heteroatoms. The zero-order valence-electron chi connectivity index (χ0n) is 11.6. The molecule has 0 heterocycles. The van der Waals surface area contributed by atoms with E-state index in [1.807, 2.05) is 45.0 Å². The molecular weight excluding hydrogens is 242 g/mol. The molecule has 1 unspecified atom stereocenters. The maximum atomic E-state index is 12.1. The summed E-state index contributed by atoms with van der Waals surface area (Å²) in [7, 11) is 0. The molecule has 1 aromatic carbocycles. The average Bonchev–Trinajstić information content (AvgIpc) is 2.30. The number of carbonyl (C=O) groups is 2. The molecule has 0 aromatic heterocycles. The van der Waals surface area contributed by atoms with Crippen molar-refractivity contribution in [1.29, 1.82) is 0 Å². The third-order valence-corrected chi connectivity index (χ3v) is 2.87. The standard InChI is InChI=1S/C15H21NO3/c1-10(2)16-15(19)13(8-9-14(17)18)12-6-4-11(3)5-7-12/h4-7,10,13H,8-9H2,1-3H3,(H,16,19)(H,17,18). The summed E-state index contributed by atoms with van der Waals surface area (Å²) in [4.78, 5) is 22.8. The third-order valence-electron chi connectivity index (χ3n) is 2.87. The second kappa shape index (κ2) is 6.92. The summed E-state index contributed by atoms with van der Waals surface area (Å²) in [6.45, 7) is 5.76. The number of nitrogens with one attached hydrogen (secondary N) is 1. The lowest BCUT2D eigenvalue weighted by atomic mass is 9.92. The maximum Gasteiger partial charge on any atom is 0.303 e. The first-order valence-corrected chi connectivity index (χ1v) is 6.49. The normalized spacial score (nSPS) is 12.2. The SMILES string of the molecule is Cc1ccc(C(CCC(=O)O)C(=O)NC(C)C)cc1. The molecule has 0 radical (unpaired) electrons. The summed E-state index contributed by atoms with van der Waals surface area (Å²) in [5.74, 6) is -1.39. The van der Waals surface area contributed by atoms with E-state index >= 15 is 0 Å². The van der Waals surface area contributed by atoms with Crippen molar-refractivity contribution < 1.29 is 14.7 Å². The van der Waals surface area contributed by atoms with E-state index in [0.717, 1.165) is 11.1 Å². The molecule has 0 saturated heterocycles. The van der Waals surface area contributed by atoms with Crippen LogP contribution < -0.4 is 5.32 Å². The van der Waals surface area contributed by atoms with E-state index in [0.29, 0.717) is 6.42 Å². The molecule has 0 fully saturated rings.